The standard InChI is InChI=1S/C12H12N2O2S/c1-9(10-5-6-17-8-10)13-11-3-2-4-12(7-11)14(15)16/h2-9,13H,1H3. The highest BCUT2D eigenvalue weighted by Gasteiger charge is 2.09. The minimum absolute atomic E-state index is 0.104. The number of hydrogen-bond donors (Lipinski definition) is 1. The third-order valence-electron chi connectivity index (χ3n) is 2.48. The Morgan fingerprint density at radius 1 is 1.41 bits per heavy atom. The maximum Gasteiger partial charge on any atom is 0.271 e. The number of rotatable bonds is 4. The lowest BCUT2D eigenvalue weighted by Crippen LogP contribution is -2.05. The van der Waals surface area contributed by atoms with Gasteiger partial charge in [-0.05, 0) is 35.4 Å². The van der Waals surface area contributed by atoms with Gasteiger partial charge in [0, 0.05) is 23.9 Å². The highest BCUT2D eigenvalue weighted by Crippen LogP contribution is 2.23. The molecule has 2 rings (SSSR count). The van der Waals surface area contributed by atoms with Crippen molar-refractivity contribution in [3.8, 4) is 0 Å². The van der Waals surface area contributed by atoms with Crippen LogP contribution in [0.25, 0.3) is 0 Å². The van der Waals surface area contributed by atoms with Crippen molar-refractivity contribution < 1.29 is 4.92 Å². The maximum absolute atomic E-state index is 10.6. The van der Waals surface area contributed by atoms with Crippen molar-refractivity contribution >= 4 is 22.7 Å². The number of thiophene rings is 1. The molecular weight excluding hydrogens is 236 g/mol. The van der Waals surface area contributed by atoms with Gasteiger partial charge in [0.1, 0.15) is 0 Å². The van der Waals surface area contributed by atoms with Crippen molar-refractivity contribution in [2.24, 2.45) is 0 Å². The van der Waals surface area contributed by atoms with Crippen LogP contribution in [0.4, 0.5) is 11.4 Å². The van der Waals surface area contributed by atoms with Crippen LogP contribution >= 0.6 is 11.3 Å². The van der Waals surface area contributed by atoms with Gasteiger partial charge in [0.2, 0.25) is 0 Å². The molecule has 5 heteroatoms. The molecule has 0 radical (unpaired) electrons. The molecule has 1 unspecified atom stereocenters. The molecule has 1 N–H and O–H groups in total. The lowest BCUT2D eigenvalue weighted by atomic mass is 10.1. The molecule has 1 aromatic carbocycles. The third kappa shape index (κ3) is 2.82. The summed E-state index contributed by atoms with van der Waals surface area (Å²) in [6.07, 6.45) is 0. The Morgan fingerprint density at radius 3 is 2.88 bits per heavy atom. The number of nitro groups is 1. The number of nitrogens with one attached hydrogen (secondary N) is 1. The van der Waals surface area contributed by atoms with Gasteiger partial charge in [-0.3, -0.25) is 10.1 Å². The Balaban J connectivity index is 2.13. The predicted molar refractivity (Wildman–Crippen MR) is 69.5 cm³/mol. The summed E-state index contributed by atoms with van der Waals surface area (Å²) >= 11 is 1.64. The smallest absolute Gasteiger partial charge is 0.271 e. The summed E-state index contributed by atoms with van der Waals surface area (Å²) in [5, 5.41) is 18.0. The molecule has 0 saturated carbocycles. The summed E-state index contributed by atoms with van der Waals surface area (Å²) in [5.74, 6) is 0. The Kier molecular flexibility index (Phi) is 3.39. The lowest BCUT2D eigenvalue weighted by molar-refractivity contribution is -0.384. The Labute approximate surface area is 103 Å². The van der Waals surface area contributed by atoms with Crippen LogP contribution in [-0.4, -0.2) is 4.92 Å². The minimum atomic E-state index is -0.388. The van der Waals surface area contributed by atoms with Gasteiger partial charge in [-0.15, -0.1) is 0 Å². The largest absolute Gasteiger partial charge is 0.378 e. The van der Waals surface area contributed by atoms with Gasteiger partial charge in [0.15, 0.2) is 0 Å². The second-order valence-corrected chi connectivity index (χ2v) is 4.51. The lowest BCUT2D eigenvalue weighted by Gasteiger charge is -2.13. The Hall–Kier alpha value is -1.88. The fraction of sp³-hybridized carbons (Fsp3) is 0.167. The van der Waals surface area contributed by atoms with Crippen molar-refractivity contribution in [2.45, 2.75) is 13.0 Å². The molecule has 1 atom stereocenters. The highest BCUT2D eigenvalue weighted by molar-refractivity contribution is 7.07. The maximum atomic E-state index is 10.6. The molecular formula is C12H12N2O2S. The average molecular weight is 248 g/mol. The van der Waals surface area contributed by atoms with E-state index >= 15 is 0 Å². The molecule has 0 bridgehead atoms. The van der Waals surface area contributed by atoms with Crippen molar-refractivity contribution in [1.29, 1.82) is 0 Å². The fourth-order valence-corrected chi connectivity index (χ4v) is 2.32. The van der Waals surface area contributed by atoms with Gasteiger partial charge in [0.25, 0.3) is 5.69 Å². The van der Waals surface area contributed by atoms with E-state index in [1.165, 1.54) is 11.6 Å². The van der Waals surface area contributed by atoms with E-state index in [0.717, 1.165) is 5.69 Å². The fourth-order valence-electron chi connectivity index (χ4n) is 1.56. The van der Waals surface area contributed by atoms with Crippen LogP contribution in [0.1, 0.15) is 18.5 Å². The second-order valence-electron chi connectivity index (χ2n) is 3.73. The molecule has 0 aliphatic rings. The molecule has 0 saturated heterocycles. The number of nitro benzene ring substituents is 1. The molecule has 4 nitrogen and oxygen atoms in total. The zero-order chi connectivity index (χ0) is 12.3. The van der Waals surface area contributed by atoms with Crippen molar-refractivity contribution in [1.82, 2.24) is 0 Å². The second kappa shape index (κ2) is 4.97. The van der Waals surface area contributed by atoms with Gasteiger partial charge in [-0.2, -0.15) is 11.3 Å². The summed E-state index contributed by atoms with van der Waals surface area (Å²) in [6, 6.07) is 8.72. The van der Waals surface area contributed by atoms with Crippen LogP contribution in [0.2, 0.25) is 0 Å². The summed E-state index contributed by atoms with van der Waals surface area (Å²) in [6.45, 7) is 2.03. The van der Waals surface area contributed by atoms with E-state index in [0.29, 0.717) is 0 Å². The van der Waals surface area contributed by atoms with Gasteiger partial charge < -0.3 is 5.32 Å². The Morgan fingerprint density at radius 2 is 2.24 bits per heavy atom. The summed E-state index contributed by atoms with van der Waals surface area (Å²) in [7, 11) is 0. The first kappa shape index (κ1) is 11.6. The van der Waals surface area contributed by atoms with E-state index in [-0.39, 0.29) is 16.7 Å². The van der Waals surface area contributed by atoms with Crippen LogP contribution in [0.5, 0.6) is 0 Å². The number of non-ortho nitro benzene ring substituents is 1. The SMILES string of the molecule is CC(Nc1cccc([N+](=O)[O-])c1)c1ccsc1. The predicted octanol–water partition coefficient (Wildman–Crippen LogP) is 3.83. The quantitative estimate of drug-likeness (QED) is 0.660. The van der Waals surface area contributed by atoms with Crippen molar-refractivity contribution in [3.63, 3.8) is 0 Å². The zero-order valence-electron chi connectivity index (χ0n) is 9.29. The van der Waals surface area contributed by atoms with Crippen LogP contribution < -0.4 is 5.32 Å². The number of benzene rings is 1. The van der Waals surface area contributed by atoms with Gasteiger partial charge in [-0.25, -0.2) is 0 Å². The molecule has 88 valence electrons. The summed E-state index contributed by atoms with van der Waals surface area (Å²) < 4.78 is 0. The molecule has 17 heavy (non-hydrogen) atoms. The van der Waals surface area contributed by atoms with E-state index in [1.807, 2.05) is 24.4 Å². The number of nitrogens with zero attached hydrogens (tertiary/aromatic N) is 1. The molecule has 1 heterocycles. The molecule has 2 aromatic rings. The van der Waals surface area contributed by atoms with Crippen LogP contribution in [0, 0.1) is 10.1 Å². The van der Waals surface area contributed by atoms with Gasteiger partial charge in [-0.1, -0.05) is 6.07 Å². The number of anilines is 1. The Bertz CT molecular complexity index is 511. The van der Waals surface area contributed by atoms with E-state index in [9.17, 15) is 10.1 Å². The van der Waals surface area contributed by atoms with Gasteiger partial charge >= 0.3 is 0 Å². The van der Waals surface area contributed by atoms with Crippen LogP contribution in [0.3, 0.4) is 0 Å². The molecule has 1 aromatic heterocycles. The van der Waals surface area contributed by atoms with Crippen molar-refractivity contribution in [3.05, 3.63) is 56.8 Å². The molecule has 0 aliphatic heterocycles. The van der Waals surface area contributed by atoms with Crippen LogP contribution in [0.15, 0.2) is 41.1 Å². The zero-order valence-corrected chi connectivity index (χ0v) is 10.1. The molecule has 0 amide bonds. The highest BCUT2D eigenvalue weighted by atomic mass is 32.1. The molecule has 0 fully saturated rings. The minimum Gasteiger partial charge on any atom is -0.378 e. The molecule has 0 spiro atoms. The van der Waals surface area contributed by atoms with Gasteiger partial charge in [0.05, 0.1) is 4.92 Å². The third-order valence-corrected chi connectivity index (χ3v) is 3.18. The first-order valence-corrected chi connectivity index (χ1v) is 6.14. The van der Waals surface area contributed by atoms with E-state index < -0.39 is 0 Å². The van der Waals surface area contributed by atoms with Crippen LogP contribution in [-0.2, 0) is 0 Å². The van der Waals surface area contributed by atoms with E-state index in [2.05, 4.69) is 10.7 Å². The first-order chi connectivity index (χ1) is 8.16. The number of hydrogen-bond acceptors (Lipinski definition) is 4. The normalized spacial score (nSPS) is 12.1. The summed E-state index contributed by atoms with van der Waals surface area (Å²) in [5.41, 5.74) is 2.05. The first-order valence-electron chi connectivity index (χ1n) is 5.20. The van der Waals surface area contributed by atoms with E-state index in [1.54, 1.807) is 23.5 Å². The van der Waals surface area contributed by atoms with E-state index in [4.69, 9.17) is 0 Å². The average Bonchev–Trinajstić information content (AvgIpc) is 2.82. The topological polar surface area (TPSA) is 55.2 Å². The van der Waals surface area contributed by atoms with Crippen molar-refractivity contribution in [2.75, 3.05) is 5.32 Å². The monoisotopic (exact) mass is 248 g/mol. The molecule has 0 aliphatic carbocycles. The summed E-state index contributed by atoms with van der Waals surface area (Å²) in [4.78, 5) is 10.3.